The molecule has 4 aromatic rings. The Labute approximate surface area is 317 Å². The maximum Gasteiger partial charge on any atom is 1.00 e. The molecule has 0 saturated heterocycles. The van der Waals surface area contributed by atoms with E-state index in [1.54, 1.807) is 0 Å². The van der Waals surface area contributed by atoms with Gasteiger partial charge in [0.1, 0.15) is 6.15 Å². The summed E-state index contributed by atoms with van der Waals surface area (Å²) in [6.45, 7) is 0. The van der Waals surface area contributed by atoms with Crippen LogP contribution in [0, 0.1) is 0 Å². The molecule has 0 saturated carbocycles. The molecule has 0 unspecified atom stereocenters. The van der Waals surface area contributed by atoms with Gasteiger partial charge in [-0.15, -0.1) is 0 Å². The zero-order valence-electron chi connectivity index (χ0n) is 26.9. The van der Waals surface area contributed by atoms with Gasteiger partial charge in [-0.05, 0) is 24.3 Å². The average Bonchev–Trinajstić information content (AvgIpc) is 3.01. The Bertz CT molecular complexity index is 1700. The fourth-order valence-corrected chi connectivity index (χ4v) is 6.07. The minimum atomic E-state index is -6.13. The van der Waals surface area contributed by atoms with Crippen molar-refractivity contribution < 1.29 is 122 Å². The minimum Gasteiger partial charge on any atom is -0.194 e. The number of benzene rings is 4. The van der Waals surface area contributed by atoms with E-state index in [4.69, 9.17) is 0 Å². The Kier molecular flexibility index (Phi) is 12.3. The summed E-state index contributed by atoms with van der Waals surface area (Å²) in [4.78, 5) is 0. The molecule has 0 heterocycles. The van der Waals surface area contributed by atoms with E-state index in [0.29, 0.717) is 0 Å². The third-order valence-electron chi connectivity index (χ3n) is 8.44. The Hall–Kier alpha value is -4.22. The molecule has 0 aliphatic carbocycles. The third kappa shape index (κ3) is 9.96. The normalized spacial score (nSPS) is 14.1. The van der Waals surface area contributed by atoms with Gasteiger partial charge < -0.3 is 0 Å². The Morgan fingerprint density at radius 2 is 0.310 bits per heavy atom. The standard InChI is InChI=1S/C32H12BF24.Cu/c34-25(35,36)13-1-14(26(37,38)39)6-21(5-13)33(22-7-15(27(40,41)42)2-16(8-22)28(43,44)45,23-9-17(29(46,47)48)3-18(10-23)30(49,50)51)24-11-19(31(52,53)54)4-20(12-24)32(55,56)57;/h1-12H;/q-1;+1. The van der Waals surface area contributed by atoms with Crippen LogP contribution in [0.5, 0.6) is 0 Å². The van der Waals surface area contributed by atoms with Gasteiger partial charge in [-0.25, -0.2) is 0 Å². The molecule has 0 aromatic heterocycles. The molecule has 0 aliphatic heterocycles. The average molecular weight is 927 g/mol. The first kappa shape index (κ1) is 48.2. The van der Waals surface area contributed by atoms with E-state index in [2.05, 4.69) is 0 Å². The summed E-state index contributed by atoms with van der Waals surface area (Å²) in [7, 11) is 0. The van der Waals surface area contributed by atoms with Crippen LogP contribution in [0.4, 0.5) is 105 Å². The molecule has 58 heavy (non-hydrogen) atoms. The van der Waals surface area contributed by atoms with Crippen LogP contribution >= 0.6 is 0 Å². The van der Waals surface area contributed by atoms with Crippen molar-refractivity contribution in [3.63, 3.8) is 0 Å². The van der Waals surface area contributed by atoms with E-state index >= 15 is 0 Å². The van der Waals surface area contributed by atoms with Crippen LogP contribution in [-0.4, -0.2) is 6.15 Å². The van der Waals surface area contributed by atoms with Gasteiger partial charge >= 0.3 is 66.5 Å². The molecule has 0 N–H and O–H groups in total. The topological polar surface area (TPSA) is 0 Å². The van der Waals surface area contributed by atoms with Gasteiger partial charge in [-0.2, -0.15) is 127 Å². The van der Waals surface area contributed by atoms with E-state index in [0.717, 1.165) is 0 Å². The molecule has 0 nitrogen and oxygen atoms in total. The zero-order valence-corrected chi connectivity index (χ0v) is 27.8. The molecular weight excluding hydrogens is 915 g/mol. The smallest absolute Gasteiger partial charge is 0.194 e. The molecule has 4 aromatic carbocycles. The second kappa shape index (κ2) is 14.8. The molecule has 0 bridgehead atoms. The summed E-state index contributed by atoms with van der Waals surface area (Å²) >= 11 is 0. The monoisotopic (exact) mass is 926 g/mol. The molecule has 26 heteroatoms. The molecule has 0 aliphatic rings. The molecule has 0 amide bonds. The molecule has 322 valence electrons. The van der Waals surface area contributed by atoms with Crippen molar-refractivity contribution >= 4 is 28.0 Å². The third-order valence-corrected chi connectivity index (χ3v) is 8.44. The Morgan fingerprint density at radius 1 is 0.207 bits per heavy atom. The molecule has 0 atom stereocenters. The van der Waals surface area contributed by atoms with Crippen molar-refractivity contribution in [2.24, 2.45) is 0 Å². The summed E-state index contributed by atoms with van der Waals surface area (Å²) < 4.78 is 341. The first-order valence-corrected chi connectivity index (χ1v) is 14.6. The number of halogens is 24. The van der Waals surface area contributed by atoms with Crippen LogP contribution in [0.2, 0.25) is 0 Å². The van der Waals surface area contributed by atoms with E-state index in [1.807, 2.05) is 0 Å². The van der Waals surface area contributed by atoms with Crippen molar-refractivity contribution in [1.82, 2.24) is 0 Å². The van der Waals surface area contributed by atoms with Crippen LogP contribution in [0.25, 0.3) is 0 Å². The van der Waals surface area contributed by atoms with Crippen LogP contribution in [0.1, 0.15) is 44.5 Å². The maximum absolute atomic E-state index is 14.2. The van der Waals surface area contributed by atoms with Gasteiger partial charge in [0.2, 0.25) is 0 Å². The predicted octanol–water partition coefficient (Wildman–Crippen LogP) is 11.2. The Balaban J connectivity index is 0.00000900. The van der Waals surface area contributed by atoms with Crippen LogP contribution in [0.15, 0.2) is 72.8 Å². The second-order valence-corrected chi connectivity index (χ2v) is 12.2. The first-order valence-electron chi connectivity index (χ1n) is 14.6. The van der Waals surface area contributed by atoms with Crippen LogP contribution in [-0.2, 0) is 66.5 Å². The summed E-state index contributed by atoms with van der Waals surface area (Å²) in [6, 6.07) is -8.81. The van der Waals surface area contributed by atoms with Gasteiger partial charge in [0.15, 0.2) is 0 Å². The van der Waals surface area contributed by atoms with E-state index in [9.17, 15) is 105 Å². The predicted molar refractivity (Wildman–Crippen MR) is 150 cm³/mol. The quantitative estimate of drug-likeness (QED) is 0.141. The summed E-state index contributed by atoms with van der Waals surface area (Å²) in [6.07, 6.45) is -54.8. The summed E-state index contributed by atoms with van der Waals surface area (Å²) in [5.74, 6) is 0. The van der Waals surface area contributed by atoms with E-state index in [1.165, 1.54) is 0 Å². The minimum absolute atomic E-state index is 0. The van der Waals surface area contributed by atoms with Crippen LogP contribution < -0.4 is 21.9 Å². The maximum atomic E-state index is 14.2. The molecule has 4 rings (SSSR count). The van der Waals surface area contributed by atoms with Crippen molar-refractivity contribution in [3.05, 3.63) is 117 Å². The summed E-state index contributed by atoms with van der Waals surface area (Å²) in [5, 5.41) is 0. The largest absolute Gasteiger partial charge is 1.00 e. The van der Waals surface area contributed by atoms with Crippen LogP contribution in [0.3, 0.4) is 0 Å². The Morgan fingerprint density at radius 3 is 0.397 bits per heavy atom. The molecule has 0 radical (unpaired) electrons. The van der Waals surface area contributed by atoms with E-state index in [-0.39, 0.29) is 17.1 Å². The number of hydrogen-bond acceptors (Lipinski definition) is 0. The number of rotatable bonds is 4. The van der Waals surface area contributed by atoms with E-state index < -0.39 is 195 Å². The number of hydrogen-bond donors (Lipinski definition) is 0. The van der Waals surface area contributed by atoms with Crippen molar-refractivity contribution in [2.45, 2.75) is 49.4 Å². The van der Waals surface area contributed by atoms with Gasteiger partial charge in [0.05, 0.1) is 44.5 Å². The van der Waals surface area contributed by atoms with Crippen molar-refractivity contribution in [2.75, 3.05) is 0 Å². The fourth-order valence-electron chi connectivity index (χ4n) is 6.07. The zero-order chi connectivity index (χ0) is 43.9. The molecule has 0 fully saturated rings. The fraction of sp³-hybridized carbons (Fsp3) is 0.250. The number of alkyl halides is 24. The van der Waals surface area contributed by atoms with Gasteiger partial charge in [-0.1, -0.05) is 48.5 Å². The van der Waals surface area contributed by atoms with Crippen molar-refractivity contribution in [3.8, 4) is 0 Å². The molecular formula is C32H12BCuF24. The van der Waals surface area contributed by atoms with Gasteiger partial charge in [0.25, 0.3) is 0 Å². The molecule has 0 spiro atoms. The second-order valence-electron chi connectivity index (χ2n) is 12.2. The summed E-state index contributed by atoms with van der Waals surface area (Å²) in [5.41, 5.74) is -30.2. The first-order chi connectivity index (χ1) is 25.3. The SMILES string of the molecule is FC(F)(F)c1cc([B-](c2cc(C(F)(F)F)cc(C(F)(F)F)c2)(c2cc(C(F)(F)F)cc(C(F)(F)F)c2)c2cc(C(F)(F)F)cc(C(F)(F)F)c2)cc(C(F)(F)F)c1.[Cu+]. The van der Waals surface area contributed by atoms with Gasteiger partial charge in [-0.3, -0.25) is 0 Å². The van der Waals surface area contributed by atoms with Crippen molar-refractivity contribution in [1.29, 1.82) is 0 Å². The van der Waals surface area contributed by atoms with Gasteiger partial charge in [0, 0.05) is 0 Å².